The first-order valence-electron chi connectivity index (χ1n) is 9.47. The number of thioether (sulfide) groups is 1. The molecule has 0 radical (unpaired) electrons. The molecule has 4 heterocycles. The van der Waals surface area contributed by atoms with E-state index in [2.05, 4.69) is 20.5 Å². The van der Waals surface area contributed by atoms with Crippen LogP contribution in [0.4, 0.5) is 5.13 Å². The second-order valence-corrected chi connectivity index (χ2v) is 9.09. The van der Waals surface area contributed by atoms with Crippen LogP contribution in [-0.4, -0.2) is 44.1 Å². The largest absolute Gasteiger partial charge is 0.469 e. The summed E-state index contributed by atoms with van der Waals surface area (Å²) in [4.78, 5) is 17.8. The van der Waals surface area contributed by atoms with E-state index in [1.807, 2.05) is 31.4 Å². The molecule has 1 saturated heterocycles. The molecule has 29 heavy (non-hydrogen) atoms. The van der Waals surface area contributed by atoms with Gasteiger partial charge >= 0.3 is 0 Å². The summed E-state index contributed by atoms with van der Waals surface area (Å²) in [5.74, 6) is 1.64. The Labute approximate surface area is 177 Å². The van der Waals surface area contributed by atoms with Crippen LogP contribution in [0.5, 0.6) is 0 Å². The molecule has 1 aliphatic heterocycles. The maximum absolute atomic E-state index is 12.4. The molecule has 0 bridgehead atoms. The van der Waals surface area contributed by atoms with E-state index in [4.69, 9.17) is 9.15 Å². The number of hydrogen-bond donors (Lipinski definition) is 1. The molecule has 3 aromatic heterocycles. The average Bonchev–Trinajstić information content (AvgIpc) is 3.45. The molecule has 0 spiro atoms. The summed E-state index contributed by atoms with van der Waals surface area (Å²) in [6, 6.07) is 1.89. The van der Waals surface area contributed by atoms with Gasteiger partial charge in [0.15, 0.2) is 16.1 Å². The molecular formula is C19H23N5O3S2. The maximum atomic E-state index is 12.4. The molecule has 0 aliphatic carbocycles. The van der Waals surface area contributed by atoms with Crippen molar-refractivity contribution in [2.75, 3.05) is 17.7 Å². The fourth-order valence-electron chi connectivity index (χ4n) is 3.18. The maximum Gasteiger partial charge on any atom is 0.236 e. The topological polar surface area (TPSA) is 95.1 Å². The zero-order valence-corrected chi connectivity index (χ0v) is 18.2. The number of furan rings is 1. The minimum atomic E-state index is -0.114. The molecule has 1 aliphatic rings. The SMILES string of the molecule is Cc1nc(NC(=O)CSc2nnc(-c3ccoc3C)n2CC2CCCO2)sc1C. The molecule has 3 aromatic rings. The molecule has 1 unspecified atom stereocenters. The molecule has 154 valence electrons. The highest BCUT2D eigenvalue weighted by Crippen LogP contribution is 2.29. The Bertz CT molecular complexity index is 984. The van der Waals surface area contributed by atoms with E-state index in [1.165, 1.54) is 23.1 Å². The average molecular weight is 434 g/mol. The summed E-state index contributed by atoms with van der Waals surface area (Å²) < 4.78 is 13.3. The molecule has 1 amide bonds. The van der Waals surface area contributed by atoms with Crippen LogP contribution >= 0.6 is 23.1 Å². The number of carbonyl (C=O) groups excluding carboxylic acids is 1. The van der Waals surface area contributed by atoms with Gasteiger partial charge in [0, 0.05) is 11.5 Å². The summed E-state index contributed by atoms with van der Waals surface area (Å²) >= 11 is 2.84. The summed E-state index contributed by atoms with van der Waals surface area (Å²) in [6.07, 6.45) is 3.85. The Morgan fingerprint density at radius 1 is 1.38 bits per heavy atom. The molecular weight excluding hydrogens is 410 g/mol. The molecule has 1 atom stereocenters. The van der Waals surface area contributed by atoms with Crippen LogP contribution in [0, 0.1) is 20.8 Å². The van der Waals surface area contributed by atoms with Crippen molar-refractivity contribution in [1.82, 2.24) is 19.7 Å². The highest BCUT2D eigenvalue weighted by atomic mass is 32.2. The number of carbonyl (C=O) groups is 1. The van der Waals surface area contributed by atoms with E-state index in [9.17, 15) is 4.79 Å². The van der Waals surface area contributed by atoms with Crippen LogP contribution < -0.4 is 5.32 Å². The third kappa shape index (κ3) is 4.54. The van der Waals surface area contributed by atoms with Crippen LogP contribution in [0.1, 0.15) is 29.2 Å². The number of anilines is 1. The van der Waals surface area contributed by atoms with E-state index < -0.39 is 0 Å². The summed E-state index contributed by atoms with van der Waals surface area (Å²) in [5, 5.41) is 12.9. The number of aryl methyl sites for hydroxylation is 3. The van der Waals surface area contributed by atoms with Crippen LogP contribution in [0.3, 0.4) is 0 Å². The molecule has 0 saturated carbocycles. The molecule has 1 fully saturated rings. The minimum absolute atomic E-state index is 0.114. The lowest BCUT2D eigenvalue weighted by Crippen LogP contribution is -2.18. The van der Waals surface area contributed by atoms with Crippen molar-refractivity contribution >= 4 is 34.1 Å². The molecule has 1 N–H and O–H groups in total. The normalized spacial score (nSPS) is 16.4. The number of aromatic nitrogens is 4. The van der Waals surface area contributed by atoms with Crippen LogP contribution in [0.25, 0.3) is 11.4 Å². The Hall–Kier alpha value is -2.17. The Balaban J connectivity index is 1.49. The van der Waals surface area contributed by atoms with Gasteiger partial charge in [-0.05, 0) is 39.7 Å². The van der Waals surface area contributed by atoms with Crippen LogP contribution in [-0.2, 0) is 16.1 Å². The lowest BCUT2D eigenvalue weighted by molar-refractivity contribution is -0.113. The quantitative estimate of drug-likeness (QED) is 0.566. The minimum Gasteiger partial charge on any atom is -0.469 e. The van der Waals surface area contributed by atoms with Crippen molar-refractivity contribution in [2.45, 2.75) is 51.4 Å². The van der Waals surface area contributed by atoms with Gasteiger partial charge in [-0.1, -0.05) is 11.8 Å². The van der Waals surface area contributed by atoms with Crippen molar-refractivity contribution < 1.29 is 13.9 Å². The van der Waals surface area contributed by atoms with Gasteiger partial charge in [0.05, 0.1) is 35.9 Å². The van der Waals surface area contributed by atoms with Crippen molar-refractivity contribution in [1.29, 1.82) is 0 Å². The predicted octanol–water partition coefficient (Wildman–Crippen LogP) is 3.83. The molecule has 8 nitrogen and oxygen atoms in total. The molecule has 10 heteroatoms. The Morgan fingerprint density at radius 3 is 2.90 bits per heavy atom. The van der Waals surface area contributed by atoms with Gasteiger partial charge in [-0.15, -0.1) is 21.5 Å². The lowest BCUT2D eigenvalue weighted by atomic mass is 10.2. The zero-order chi connectivity index (χ0) is 20.4. The first-order valence-corrected chi connectivity index (χ1v) is 11.3. The number of nitrogens with one attached hydrogen (secondary N) is 1. The van der Waals surface area contributed by atoms with Gasteiger partial charge in [0.25, 0.3) is 0 Å². The second-order valence-electron chi connectivity index (χ2n) is 6.94. The second kappa shape index (κ2) is 8.68. The fraction of sp³-hybridized carbons (Fsp3) is 0.474. The predicted molar refractivity (Wildman–Crippen MR) is 112 cm³/mol. The van der Waals surface area contributed by atoms with Gasteiger partial charge < -0.3 is 14.5 Å². The smallest absolute Gasteiger partial charge is 0.236 e. The first kappa shape index (κ1) is 20.1. The zero-order valence-electron chi connectivity index (χ0n) is 16.6. The van der Waals surface area contributed by atoms with Crippen molar-refractivity contribution in [3.05, 3.63) is 28.7 Å². The first-order chi connectivity index (χ1) is 14.0. The summed E-state index contributed by atoms with van der Waals surface area (Å²) in [6.45, 7) is 7.26. The summed E-state index contributed by atoms with van der Waals surface area (Å²) in [7, 11) is 0. The van der Waals surface area contributed by atoms with Gasteiger partial charge in [0.2, 0.25) is 5.91 Å². The fourth-order valence-corrected chi connectivity index (χ4v) is 4.76. The van der Waals surface area contributed by atoms with Gasteiger partial charge in [-0.2, -0.15) is 0 Å². The highest BCUT2D eigenvalue weighted by Gasteiger charge is 2.23. The van der Waals surface area contributed by atoms with Crippen molar-refractivity contribution in [2.24, 2.45) is 0 Å². The molecule has 0 aromatic carbocycles. The monoisotopic (exact) mass is 433 g/mol. The van der Waals surface area contributed by atoms with E-state index in [0.717, 1.165) is 47.2 Å². The van der Waals surface area contributed by atoms with Crippen LogP contribution in [0.2, 0.25) is 0 Å². The molecule has 4 rings (SSSR count). The van der Waals surface area contributed by atoms with Crippen LogP contribution in [0.15, 0.2) is 21.9 Å². The van der Waals surface area contributed by atoms with Crippen molar-refractivity contribution in [3.8, 4) is 11.4 Å². The third-order valence-electron chi connectivity index (χ3n) is 4.83. The van der Waals surface area contributed by atoms with E-state index >= 15 is 0 Å². The number of nitrogens with zero attached hydrogens (tertiary/aromatic N) is 4. The standard InChI is InChI=1S/C19H23N5O3S2/c1-11-13(3)29-18(20-11)21-16(25)10-28-19-23-22-17(15-6-8-26-12(15)2)24(19)9-14-5-4-7-27-14/h6,8,14H,4-5,7,9-10H2,1-3H3,(H,20,21,25). The van der Waals surface area contributed by atoms with E-state index in [-0.39, 0.29) is 17.8 Å². The highest BCUT2D eigenvalue weighted by molar-refractivity contribution is 7.99. The Kier molecular flexibility index (Phi) is 6.02. The number of thiazole rings is 1. The van der Waals surface area contributed by atoms with E-state index in [1.54, 1.807) is 6.26 Å². The number of hydrogen-bond acceptors (Lipinski definition) is 8. The third-order valence-corrected chi connectivity index (χ3v) is 6.79. The lowest BCUT2D eigenvalue weighted by Gasteiger charge is -2.14. The van der Waals surface area contributed by atoms with Gasteiger partial charge in [-0.3, -0.25) is 9.36 Å². The van der Waals surface area contributed by atoms with E-state index in [0.29, 0.717) is 16.8 Å². The summed E-state index contributed by atoms with van der Waals surface area (Å²) in [5.41, 5.74) is 1.84. The number of amides is 1. The number of ether oxygens (including phenoxy) is 1. The van der Waals surface area contributed by atoms with Gasteiger partial charge in [-0.25, -0.2) is 4.98 Å². The van der Waals surface area contributed by atoms with Gasteiger partial charge in [0.1, 0.15) is 5.76 Å². The Morgan fingerprint density at radius 2 is 2.24 bits per heavy atom. The number of rotatable bonds is 7. The van der Waals surface area contributed by atoms with Crippen molar-refractivity contribution in [3.63, 3.8) is 0 Å².